The topological polar surface area (TPSA) is 0 Å². The Morgan fingerprint density at radius 1 is 0.619 bits per heavy atom. The van der Waals surface area contributed by atoms with Gasteiger partial charge in [0.15, 0.2) is 0 Å². The summed E-state index contributed by atoms with van der Waals surface area (Å²) < 4.78 is 0. The van der Waals surface area contributed by atoms with Crippen molar-refractivity contribution >= 4 is 25.6 Å². The first kappa shape index (κ1) is 39.8. The van der Waals surface area contributed by atoms with Gasteiger partial charge in [0.1, 0.15) is 0 Å². The number of unbranched alkanes of at least 4 members (excludes halogenated alkanes) is 1. The first-order valence-electron chi connectivity index (χ1n) is 16.2. The molecule has 0 bridgehead atoms. The zero-order chi connectivity index (χ0) is 25.5. The maximum atomic E-state index is 2.95. The molecule has 4 aliphatic rings. The summed E-state index contributed by atoms with van der Waals surface area (Å²) in [5, 5.41) is 3.64. The molecule has 0 spiro atoms. The van der Waals surface area contributed by atoms with E-state index in [0.717, 1.165) is 40.7 Å². The molecule has 42 heavy (non-hydrogen) atoms. The molecule has 0 aliphatic heterocycles. The van der Waals surface area contributed by atoms with Crippen LogP contribution in [0.15, 0.2) is 60.7 Å². The fraction of sp³-hybridized carbons (Fsp3) is 0.590. The molecule has 0 heterocycles. The van der Waals surface area contributed by atoms with E-state index in [1.807, 2.05) is 10.4 Å². The predicted octanol–water partition coefficient (Wildman–Crippen LogP) is 10.8. The van der Waals surface area contributed by atoms with E-state index < -0.39 is 15.2 Å². The molecule has 0 saturated heterocycles. The monoisotopic (exact) mass is 678 g/mol. The van der Waals surface area contributed by atoms with E-state index in [1.54, 1.807) is 25.7 Å². The van der Waals surface area contributed by atoms with Gasteiger partial charge in [-0.15, -0.1) is 0 Å². The van der Waals surface area contributed by atoms with Crippen molar-refractivity contribution in [2.45, 2.75) is 115 Å². The molecule has 9 unspecified atom stereocenters. The Morgan fingerprint density at radius 2 is 1.19 bits per heavy atom. The van der Waals surface area contributed by atoms with E-state index in [4.69, 9.17) is 0 Å². The number of fused-ring (bicyclic) bond motifs is 2. The van der Waals surface area contributed by atoms with E-state index >= 15 is 0 Å². The van der Waals surface area contributed by atoms with Gasteiger partial charge in [-0.1, -0.05) is 155 Å². The normalized spacial score (nSPS) is 32.1. The van der Waals surface area contributed by atoms with Crippen molar-refractivity contribution in [3.8, 4) is 0 Å². The third-order valence-electron chi connectivity index (χ3n) is 12.9. The maximum Gasteiger partial charge on any atom is 4.00 e. The van der Waals surface area contributed by atoms with Crippen LogP contribution in [0.2, 0.25) is 24.2 Å². The van der Waals surface area contributed by atoms with Gasteiger partial charge in [0, 0.05) is 0 Å². The van der Waals surface area contributed by atoms with E-state index in [9.17, 15) is 0 Å². The molecule has 6 rings (SSSR count). The quantitative estimate of drug-likeness (QED) is 0.192. The molecule has 9 atom stereocenters. The van der Waals surface area contributed by atoms with Crippen LogP contribution < -0.4 is 10.4 Å². The van der Waals surface area contributed by atoms with Crippen molar-refractivity contribution in [3.63, 3.8) is 0 Å². The van der Waals surface area contributed by atoms with Crippen molar-refractivity contribution < 1.29 is 26.2 Å². The van der Waals surface area contributed by atoms with Crippen molar-refractivity contribution in [2.24, 2.45) is 29.6 Å². The Labute approximate surface area is 284 Å². The second kappa shape index (κ2) is 16.9. The summed E-state index contributed by atoms with van der Waals surface area (Å²) in [6, 6.07) is 24.5. The second-order valence-corrected chi connectivity index (χ2v) is 27.9. The van der Waals surface area contributed by atoms with Crippen molar-refractivity contribution in [2.75, 3.05) is 0 Å². The van der Waals surface area contributed by atoms with Gasteiger partial charge in [-0.3, -0.25) is 0 Å². The Bertz CT molecular complexity index is 1030. The van der Waals surface area contributed by atoms with E-state index in [2.05, 4.69) is 80.7 Å². The van der Waals surface area contributed by atoms with Crippen molar-refractivity contribution in [3.05, 3.63) is 90.4 Å². The first-order chi connectivity index (χ1) is 18.1. The number of rotatable bonds is 8. The van der Waals surface area contributed by atoms with E-state index in [1.165, 1.54) is 57.8 Å². The van der Waals surface area contributed by atoms with Crippen LogP contribution in [0.25, 0.3) is 0 Å². The molecule has 0 nitrogen and oxygen atoms in total. The molecule has 4 saturated carbocycles. The van der Waals surface area contributed by atoms with Gasteiger partial charge in [-0.2, -0.15) is 0 Å². The molecule has 4 fully saturated rings. The minimum atomic E-state index is -1.83. The summed E-state index contributed by atoms with van der Waals surface area (Å²) in [6.07, 6.45) is 19.6. The smallest absolute Gasteiger partial charge is 0.358 e. The van der Waals surface area contributed by atoms with Gasteiger partial charge in [0.2, 0.25) is 0 Å². The van der Waals surface area contributed by atoms with Crippen molar-refractivity contribution in [1.82, 2.24) is 0 Å². The molecule has 0 aromatic heterocycles. The summed E-state index contributed by atoms with van der Waals surface area (Å²) >= 11 is 0. The van der Waals surface area contributed by atoms with E-state index in [0.29, 0.717) is 0 Å². The SMILES string of the molecule is CCCCC1CCC([Si](C)(c2ccccc2)[Si](C)(c2ccccc2)C2CCC3CC4CCCC4CC32)C1.[CH3-].[CH3-].[CH3-].[CH3-].[Zr+4]. The van der Waals surface area contributed by atoms with Crippen LogP contribution in [0.3, 0.4) is 0 Å². The summed E-state index contributed by atoms with van der Waals surface area (Å²) in [7, 11) is -3.63. The molecule has 4 aliphatic carbocycles. The first-order valence-corrected chi connectivity index (χ1v) is 22.3. The van der Waals surface area contributed by atoms with Crippen molar-refractivity contribution in [1.29, 1.82) is 0 Å². The Hall–Kier alpha value is -0.243. The van der Waals surface area contributed by atoms with Gasteiger partial charge >= 0.3 is 26.2 Å². The number of benzene rings is 2. The largest absolute Gasteiger partial charge is 4.00 e. The predicted molar refractivity (Wildman–Crippen MR) is 192 cm³/mol. The zero-order valence-electron chi connectivity index (χ0n) is 28.5. The molecule has 232 valence electrons. The summed E-state index contributed by atoms with van der Waals surface area (Å²) in [4.78, 5) is 0. The molecule has 3 heteroatoms. The molecular weight excluding hydrogens is 616 g/mol. The fourth-order valence-electron chi connectivity index (χ4n) is 10.8. The standard InChI is InChI=1S/C35H52Si2.4CH3.Zr/c1-4-5-13-27-20-22-33(24-27)36(2,31-16-8-6-9-17-31)37(3,32-18-10-7-11-19-32)35-23-21-30-25-28-14-12-15-29(28)26-34(30)35;;;;;/h6-11,16-19,27-30,33-35H,4-5,12-15,20-26H2,1-3H3;4*1H3;/q;4*-1;+4. The molecule has 2 aromatic carbocycles. The van der Waals surface area contributed by atoms with Gasteiger partial charge in [-0.25, -0.2) is 0 Å². The zero-order valence-corrected chi connectivity index (χ0v) is 33.0. The molecular formula is C39H64Si2Zr. The van der Waals surface area contributed by atoms with Crippen LogP contribution in [0.1, 0.15) is 90.4 Å². The molecule has 0 amide bonds. The average Bonchev–Trinajstić information content (AvgIpc) is 3.70. The third kappa shape index (κ3) is 6.94. The third-order valence-corrected chi connectivity index (χ3v) is 33.0. The Morgan fingerprint density at radius 3 is 1.79 bits per heavy atom. The number of hydrogen-bond donors (Lipinski definition) is 0. The Balaban J connectivity index is 0.00000176. The molecule has 0 N–H and O–H groups in total. The Kier molecular flexibility index (Phi) is 16.0. The van der Waals surface area contributed by atoms with Gasteiger partial charge in [0.05, 0.1) is 15.2 Å². The van der Waals surface area contributed by atoms with Gasteiger partial charge in [-0.05, 0) is 59.9 Å². The van der Waals surface area contributed by atoms with Crippen LogP contribution in [-0.2, 0) is 26.2 Å². The minimum Gasteiger partial charge on any atom is -0.358 e. The van der Waals surface area contributed by atoms with Crippen LogP contribution >= 0.6 is 0 Å². The molecule has 0 radical (unpaired) electrons. The number of hydrogen-bond acceptors (Lipinski definition) is 0. The maximum absolute atomic E-state index is 2.95. The van der Waals surface area contributed by atoms with E-state index in [-0.39, 0.29) is 55.9 Å². The second-order valence-electron chi connectivity index (χ2n) is 14.2. The summed E-state index contributed by atoms with van der Waals surface area (Å²) in [5.74, 6) is 5.18. The molecule has 2 aromatic rings. The van der Waals surface area contributed by atoms with Crippen LogP contribution in [0, 0.1) is 59.3 Å². The van der Waals surface area contributed by atoms with Gasteiger partial charge in [0.25, 0.3) is 0 Å². The van der Waals surface area contributed by atoms with Gasteiger partial charge < -0.3 is 29.7 Å². The van der Waals surface area contributed by atoms with Crippen LogP contribution in [-0.4, -0.2) is 15.2 Å². The van der Waals surface area contributed by atoms with Crippen LogP contribution in [0.4, 0.5) is 0 Å². The average molecular weight is 680 g/mol. The minimum absolute atomic E-state index is 0. The summed E-state index contributed by atoms with van der Waals surface area (Å²) in [5.41, 5.74) is 1.96. The van der Waals surface area contributed by atoms with Crippen LogP contribution in [0.5, 0.6) is 0 Å². The fourth-order valence-corrected chi connectivity index (χ4v) is 31.1. The summed E-state index contributed by atoms with van der Waals surface area (Å²) in [6.45, 7) is 8.27.